The summed E-state index contributed by atoms with van der Waals surface area (Å²) >= 11 is 0. The molecule has 112 valence electrons. The second-order valence-electron chi connectivity index (χ2n) is 5.25. The van der Waals surface area contributed by atoms with Gasteiger partial charge in [0.15, 0.2) is 0 Å². The van der Waals surface area contributed by atoms with Crippen LogP contribution in [0.15, 0.2) is 60.7 Å². The molecule has 0 aliphatic carbocycles. The van der Waals surface area contributed by atoms with Crippen LogP contribution < -0.4 is 5.32 Å². The van der Waals surface area contributed by atoms with Gasteiger partial charge in [-0.15, -0.1) is 0 Å². The molecule has 3 nitrogen and oxygen atoms in total. The Hall–Kier alpha value is -1.84. The monoisotopic (exact) mass is 285 g/mol. The molecule has 0 aromatic heterocycles. The Labute approximate surface area is 126 Å². The van der Waals surface area contributed by atoms with Crippen molar-refractivity contribution in [3.8, 4) is 0 Å². The molecule has 0 amide bonds. The van der Waals surface area contributed by atoms with Gasteiger partial charge in [0.2, 0.25) is 0 Å². The topological polar surface area (TPSA) is 52.5 Å². The molecule has 0 unspecified atom stereocenters. The zero-order valence-electron chi connectivity index (χ0n) is 12.3. The molecule has 3 N–H and O–H groups in total. The van der Waals surface area contributed by atoms with E-state index in [1.807, 2.05) is 60.7 Å². The van der Waals surface area contributed by atoms with E-state index in [4.69, 9.17) is 0 Å². The standard InChI is InChI=1S/C18H23NO2/c1-2-9-16(19-15-12-7-4-8-13-15)18(21)17(20)14-10-5-3-6-11-14/h3-8,10-13,16-21H,2,9H2,1H3/t16-,17+,18-/m1/s1. The lowest BCUT2D eigenvalue weighted by Crippen LogP contribution is -2.38. The van der Waals surface area contributed by atoms with Gasteiger partial charge in [-0.3, -0.25) is 0 Å². The number of nitrogens with one attached hydrogen (secondary N) is 1. The van der Waals surface area contributed by atoms with Crippen LogP contribution in [0.4, 0.5) is 5.69 Å². The van der Waals surface area contributed by atoms with Crippen LogP contribution in [0.3, 0.4) is 0 Å². The van der Waals surface area contributed by atoms with Crippen molar-refractivity contribution in [3.63, 3.8) is 0 Å². The fourth-order valence-electron chi connectivity index (χ4n) is 2.46. The number of aliphatic hydroxyl groups excluding tert-OH is 2. The van der Waals surface area contributed by atoms with E-state index < -0.39 is 12.2 Å². The van der Waals surface area contributed by atoms with Crippen molar-refractivity contribution < 1.29 is 10.2 Å². The Morgan fingerprint density at radius 2 is 1.48 bits per heavy atom. The molecular weight excluding hydrogens is 262 g/mol. The highest BCUT2D eigenvalue weighted by molar-refractivity contribution is 5.43. The molecule has 0 fully saturated rings. The Kier molecular flexibility index (Phi) is 5.78. The maximum Gasteiger partial charge on any atom is 0.107 e. The molecule has 3 atom stereocenters. The van der Waals surface area contributed by atoms with E-state index >= 15 is 0 Å². The van der Waals surface area contributed by atoms with Crippen molar-refractivity contribution in [2.75, 3.05) is 5.32 Å². The Morgan fingerprint density at radius 1 is 0.905 bits per heavy atom. The zero-order chi connectivity index (χ0) is 15.1. The van der Waals surface area contributed by atoms with Crippen LogP contribution >= 0.6 is 0 Å². The van der Waals surface area contributed by atoms with Crippen molar-refractivity contribution in [1.82, 2.24) is 0 Å². The third-order valence-corrected chi connectivity index (χ3v) is 3.60. The minimum absolute atomic E-state index is 0.187. The summed E-state index contributed by atoms with van der Waals surface area (Å²) in [6.45, 7) is 2.07. The van der Waals surface area contributed by atoms with E-state index in [2.05, 4.69) is 12.2 Å². The summed E-state index contributed by atoms with van der Waals surface area (Å²) in [5.74, 6) is 0. The lowest BCUT2D eigenvalue weighted by atomic mass is 9.95. The van der Waals surface area contributed by atoms with E-state index in [0.717, 1.165) is 24.1 Å². The largest absolute Gasteiger partial charge is 0.388 e. The summed E-state index contributed by atoms with van der Waals surface area (Å²) in [6.07, 6.45) is -0.0187. The van der Waals surface area contributed by atoms with Gasteiger partial charge in [0.05, 0.1) is 6.04 Å². The molecule has 0 saturated heterocycles. The van der Waals surface area contributed by atoms with Gasteiger partial charge in [-0.25, -0.2) is 0 Å². The number of rotatable bonds is 7. The summed E-state index contributed by atoms with van der Waals surface area (Å²) in [5, 5.41) is 24.2. The molecule has 0 bridgehead atoms. The average Bonchev–Trinajstić information content (AvgIpc) is 2.55. The number of benzene rings is 2. The highest BCUT2D eigenvalue weighted by Crippen LogP contribution is 2.23. The smallest absolute Gasteiger partial charge is 0.107 e. The minimum Gasteiger partial charge on any atom is -0.388 e. The summed E-state index contributed by atoms with van der Waals surface area (Å²) in [5.41, 5.74) is 1.69. The molecule has 2 rings (SSSR count). The number of hydrogen-bond donors (Lipinski definition) is 3. The van der Waals surface area contributed by atoms with Gasteiger partial charge >= 0.3 is 0 Å². The molecular formula is C18H23NO2. The normalized spacial score (nSPS) is 15.2. The fraction of sp³-hybridized carbons (Fsp3) is 0.333. The summed E-state index contributed by atoms with van der Waals surface area (Å²) in [7, 11) is 0. The SMILES string of the molecule is CCC[C@@H](Nc1ccccc1)[C@@H](O)[C@@H](O)c1ccccc1. The third-order valence-electron chi connectivity index (χ3n) is 3.60. The first kappa shape index (κ1) is 15.5. The summed E-state index contributed by atoms with van der Waals surface area (Å²) < 4.78 is 0. The number of para-hydroxylation sites is 1. The van der Waals surface area contributed by atoms with Crippen LogP contribution in [0.25, 0.3) is 0 Å². The molecule has 0 heterocycles. The molecule has 0 spiro atoms. The molecule has 0 saturated carbocycles. The van der Waals surface area contributed by atoms with E-state index in [1.165, 1.54) is 0 Å². The van der Waals surface area contributed by atoms with Crippen molar-refractivity contribution in [2.45, 2.75) is 38.0 Å². The first-order valence-corrected chi connectivity index (χ1v) is 7.45. The predicted octanol–water partition coefficient (Wildman–Crippen LogP) is 3.36. The molecule has 2 aromatic carbocycles. The van der Waals surface area contributed by atoms with Crippen LogP contribution in [-0.4, -0.2) is 22.4 Å². The summed E-state index contributed by atoms with van der Waals surface area (Å²) in [6, 6.07) is 18.9. The lowest BCUT2D eigenvalue weighted by molar-refractivity contribution is 0.00529. The highest BCUT2D eigenvalue weighted by atomic mass is 16.3. The molecule has 21 heavy (non-hydrogen) atoms. The molecule has 0 aliphatic rings. The number of anilines is 1. The van der Waals surface area contributed by atoms with Crippen LogP contribution in [0.5, 0.6) is 0 Å². The summed E-state index contributed by atoms with van der Waals surface area (Å²) in [4.78, 5) is 0. The van der Waals surface area contributed by atoms with Crippen LogP contribution in [0.2, 0.25) is 0 Å². The van der Waals surface area contributed by atoms with Crippen LogP contribution in [0.1, 0.15) is 31.4 Å². The number of hydrogen-bond acceptors (Lipinski definition) is 3. The van der Waals surface area contributed by atoms with E-state index in [-0.39, 0.29) is 6.04 Å². The zero-order valence-corrected chi connectivity index (χ0v) is 12.3. The second-order valence-corrected chi connectivity index (χ2v) is 5.25. The lowest BCUT2D eigenvalue weighted by Gasteiger charge is -2.28. The highest BCUT2D eigenvalue weighted by Gasteiger charge is 2.26. The molecule has 0 aliphatic heterocycles. The van der Waals surface area contributed by atoms with E-state index in [1.54, 1.807) is 0 Å². The quantitative estimate of drug-likeness (QED) is 0.731. The minimum atomic E-state index is -0.890. The average molecular weight is 285 g/mol. The van der Waals surface area contributed by atoms with Crippen LogP contribution in [0, 0.1) is 0 Å². The number of aliphatic hydroxyl groups is 2. The van der Waals surface area contributed by atoms with Crippen molar-refractivity contribution in [2.24, 2.45) is 0 Å². The van der Waals surface area contributed by atoms with Crippen LogP contribution in [-0.2, 0) is 0 Å². The Balaban J connectivity index is 2.10. The van der Waals surface area contributed by atoms with E-state index in [0.29, 0.717) is 0 Å². The maximum atomic E-state index is 10.5. The van der Waals surface area contributed by atoms with Crippen molar-refractivity contribution in [3.05, 3.63) is 66.2 Å². The molecule has 3 heteroatoms. The van der Waals surface area contributed by atoms with Crippen molar-refractivity contribution >= 4 is 5.69 Å². The first-order valence-electron chi connectivity index (χ1n) is 7.45. The maximum absolute atomic E-state index is 10.5. The van der Waals surface area contributed by atoms with Gasteiger partial charge in [-0.2, -0.15) is 0 Å². The molecule has 0 radical (unpaired) electrons. The Bertz CT molecular complexity index is 515. The fourth-order valence-corrected chi connectivity index (χ4v) is 2.46. The van der Waals surface area contributed by atoms with Gasteiger partial charge < -0.3 is 15.5 Å². The second kappa shape index (κ2) is 7.81. The predicted molar refractivity (Wildman–Crippen MR) is 86.2 cm³/mol. The van der Waals surface area contributed by atoms with Crippen molar-refractivity contribution in [1.29, 1.82) is 0 Å². The van der Waals surface area contributed by atoms with Gasteiger partial charge in [0, 0.05) is 5.69 Å². The van der Waals surface area contributed by atoms with Gasteiger partial charge in [-0.05, 0) is 24.1 Å². The van der Waals surface area contributed by atoms with Gasteiger partial charge in [0.1, 0.15) is 12.2 Å². The van der Waals surface area contributed by atoms with Gasteiger partial charge in [0.25, 0.3) is 0 Å². The molecule has 2 aromatic rings. The van der Waals surface area contributed by atoms with Gasteiger partial charge in [-0.1, -0.05) is 61.9 Å². The van der Waals surface area contributed by atoms with E-state index in [9.17, 15) is 10.2 Å². The first-order chi connectivity index (χ1) is 10.2. The third kappa shape index (κ3) is 4.31. The Morgan fingerprint density at radius 3 is 2.05 bits per heavy atom.